The fourth-order valence-electron chi connectivity index (χ4n) is 2.96. The lowest BCUT2D eigenvalue weighted by atomic mass is 10.1. The van der Waals surface area contributed by atoms with E-state index in [1.165, 1.54) is 19.1 Å². The minimum Gasteiger partial charge on any atom is -0.508 e. The second-order valence-electron chi connectivity index (χ2n) is 7.20. The Morgan fingerprint density at radius 2 is 1.26 bits per heavy atom. The van der Waals surface area contributed by atoms with E-state index < -0.39 is 15.5 Å². The van der Waals surface area contributed by atoms with Crippen molar-refractivity contribution in [2.45, 2.75) is 26.3 Å². The summed E-state index contributed by atoms with van der Waals surface area (Å²) in [5.41, 5.74) is -2.20. The predicted octanol–water partition coefficient (Wildman–Crippen LogP) is 6.05. The molecule has 0 aliphatic heterocycles. The van der Waals surface area contributed by atoms with Crippen molar-refractivity contribution in [1.29, 1.82) is 0 Å². The first-order valence-electron chi connectivity index (χ1n) is 9.25. The van der Waals surface area contributed by atoms with Gasteiger partial charge in [-0.15, -0.1) is 0 Å². The van der Waals surface area contributed by atoms with Crippen LogP contribution in [0.15, 0.2) is 60.7 Å². The number of alkyl halides is 3. The van der Waals surface area contributed by atoms with Crippen molar-refractivity contribution in [3.05, 3.63) is 77.4 Å². The number of sulfonamides is 1. The lowest BCUT2D eigenvalue weighted by molar-refractivity contribution is -0.0429. The first-order valence-corrected chi connectivity index (χ1v) is 10.7. The average molecular weight is 450 g/mol. The van der Waals surface area contributed by atoms with E-state index in [2.05, 4.69) is 0 Å². The first-order chi connectivity index (χ1) is 14.4. The van der Waals surface area contributed by atoms with E-state index in [4.69, 9.17) is 0 Å². The minimum absolute atomic E-state index is 0.0238. The Kier molecular flexibility index (Phi) is 5.91. The van der Waals surface area contributed by atoms with Gasteiger partial charge < -0.3 is 10.0 Å². The van der Waals surface area contributed by atoms with Gasteiger partial charge in [-0.25, -0.2) is 0 Å². The Morgan fingerprint density at radius 1 is 0.806 bits per heavy atom. The van der Waals surface area contributed by atoms with Crippen molar-refractivity contribution in [3.8, 4) is 5.75 Å². The maximum atomic E-state index is 12.9. The van der Waals surface area contributed by atoms with Gasteiger partial charge in [0.15, 0.2) is 0 Å². The zero-order chi connectivity index (χ0) is 23.0. The van der Waals surface area contributed by atoms with E-state index >= 15 is 0 Å². The Morgan fingerprint density at radius 3 is 1.68 bits per heavy atom. The van der Waals surface area contributed by atoms with Crippen molar-refractivity contribution in [2.24, 2.45) is 0 Å². The van der Waals surface area contributed by atoms with Crippen LogP contribution < -0.4 is 9.62 Å². The largest absolute Gasteiger partial charge is 0.516 e. The zero-order valence-electron chi connectivity index (χ0n) is 17.0. The van der Waals surface area contributed by atoms with Crippen molar-refractivity contribution in [3.63, 3.8) is 0 Å². The SMILES string of the molecule is Cc1ccc(N(c2ccc(C)cc2)c2cc(O)c(C)c(NS(=O)(=O)C(F)(F)F)c2)cc1. The van der Waals surface area contributed by atoms with E-state index in [1.54, 1.807) is 9.62 Å². The van der Waals surface area contributed by atoms with Gasteiger partial charge >= 0.3 is 15.5 Å². The van der Waals surface area contributed by atoms with Gasteiger partial charge in [-0.05, 0) is 51.1 Å². The molecule has 0 heterocycles. The van der Waals surface area contributed by atoms with Crippen molar-refractivity contribution in [2.75, 3.05) is 9.62 Å². The Balaban J connectivity index is 2.18. The van der Waals surface area contributed by atoms with Crippen LogP contribution in [0.5, 0.6) is 5.75 Å². The summed E-state index contributed by atoms with van der Waals surface area (Å²) in [7, 11) is -5.65. The molecule has 0 saturated carbocycles. The summed E-state index contributed by atoms with van der Waals surface area (Å²) in [6, 6.07) is 17.4. The summed E-state index contributed by atoms with van der Waals surface area (Å²) < 4.78 is 63.5. The molecule has 0 aliphatic carbocycles. The molecule has 9 heteroatoms. The molecule has 0 radical (unpaired) electrons. The standard InChI is InChI=1S/C22H21F3N2O3S/c1-14-4-8-17(9-5-14)27(18-10-6-15(2)7-11-18)19-12-20(16(3)21(28)13-19)26-31(29,30)22(23,24)25/h4-13,26,28H,1-3H3. The Labute approximate surface area is 178 Å². The van der Waals surface area contributed by atoms with Crippen LogP contribution in [0.25, 0.3) is 0 Å². The number of phenolic OH excluding ortho intramolecular Hbond substituents is 1. The highest BCUT2D eigenvalue weighted by molar-refractivity contribution is 7.93. The highest BCUT2D eigenvalue weighted by Gasteiger charge is 2.46. The summed E-state index contributed by atoms with van der Waals surface area (Å²) >= 11 is 0. The van der Waals surface area contributed by atoms with Crippen molar-refractivity contribution >= 4 is 32.8 Å². The lowest BCUT2D eigenvalue weighted by Crippen LogP contribution is -2.30. The minimum atomic E-state index is -5.65. The molecule has 164 valence electrons. The summed E-state index contributed by atoms with van der Waals surface area (Å²) in [5, 5.41) is 10.4. The van der Waals surface area contributed by atoms with Gasteiger partial charge in [0.2, 0.25) is 0 Å². The van der Waals surface area contributed by atoms with Gasteiger partial charge in [-0.1, -0.05) is 35.4 Å². The fraction of sp³-hybridized carbons (Fsp3) is 0.182. The van der Waals surface area contributed by atoms with Gasteiger partial charge in [0.1, 0.15) is 5.75 Å². The van der Waals surface area contributed by atoms with E-state index in [1.807, 2.05) is 62.4 Å². The number of hydrogen-bond donors (Lipinski definition) is 2. The normalized spacial score (nSPS) is 11.9. The number of phenols is 1. The first kappa shape index (κ1) is 22.5. The quantitative estimate of drug-likeness (QED) is 0.497. The average Bonchev–Trinajstić information content (AvgIpc) is 2.68. The number of hydrogen-bond acceptors (Lipinski definition) is 4. The number of nitrogens with one attached hydrogen (secondary N) is 1. The molecule has 31 heavy (non-hydrogen) atoms. The van der Waals surface area contributed by atoms with Gasteiger partial charge in [-0.2, -0.15) is 21.6 Å². The molecule has 0 aromatic heterocycles. The van der Waals surface area contributed by atoms with Crippen LogP contribution in [0, 0.1) is 20.8 Å². The summed E-state index contributed by atoms with van der Waals surface area (Å²) in [6.07, 6.45) is 0. The van der Waals surface area contributed by atoms with Crippen LogP contribution in [0.2, 0.25) is 0 Å². The molecule has 3 rings (SSSR count). The topological polar surface area (TPSA) is 69.6 Å². The molecular weight excluding hydrogens is 429 g/mol. The van der Waals surface area contributed by atoms with Crippen LogP contribution in [-0.2, 0) is 10.0 Å². The Hall–Kier alpha value is -3.20. The maximum absolute atomic E-state index is 12.9. The Bertz CT molecular complexity index is 1140. The van der Waals surface area contributed by atoms with Crippen LogP contribution in [0.1, 0.15) is 16.7 Å². The molecular formula is C22H21F3N2O3S. The molecule has 0 saturated heterocycles. The van der Waals surface area contributed by atoms with Gasteiger partial charge in [0.25, 0.3) is 0 Å². The van der Waals surface area contributed by atoms with E-state index in [0.717, 1.165) is 11.1 Å². The molecule has 5 nitrogen and oxygen atoms in total. The number of aryl methyl sites for hydroxylation is 2. The number of benzene rings is 3. The van der Waals surface area contributed by atoms with Crippen molar-refractivity contribution < 1.29 is 26.7 Å². The molecule has 0 bridgehead atoms. The second kappa shape index (κ2) is 8.14. The third-order valence-electron chi connectivity index (χ3n) is 4.76. The van der Waals surface area contributed by atoms with E-state index in [0.29, 0.717) is 11.4 Å². The monoisotopic (exact) mass is 450 g/mol. The van der Waals surface area contributed by atoms with Crippen LogP contribution >= 0.6 is 0 Å². The fourth-order valence-corrected chi connectivity index (χ4v) is 3.57. The van der Waals surface area contributed by atoms with E-state index in [9.17, 15) is 26.7 Å². The van der Waals surface area contributed by atoms with Gasteiger partial charge in [0, 0.05) is 23.0 Å². The number of aromatic hydroxyl groups is 1. The molecule has 0 atom stereocenters. The third-order valence-corrected chi connectivity index (χ3v) is 5.85. The second-order valence-corrected chi connectivity index (χ2v) is 8.87. The number of rotatable bonds is 5. The highest BCUT2D eigenvalue weighted by atomic mass is 32.2. The number of nitrogens with zero attached hydrogens (tertiary/aromatic N) is 1. The molecule has 3 aromatic carbocycles. The molecule has 0 amide bonds. The van der Waals surface area contributed by atoms with Gasteiger partial charge in [-0.3, -0.25) is 4.72 Å². The summed E-state index contributed by atoms with van der Waals surface area (Å²) in [6.45, 7) is 5.17. The van der Waals surface area contributed by atoms with Crippen LogP contribution in [0.4, 0.5) is 35.9 Å². The molecule has 0 aliphatic rings. The maximum Gasteiger partial charge on any atom is 0.516 e. The molecule has 0 fully saturated rings. The molecule has 0 spiro atoms. The zero-order valence-corrected chi connectivity index (χ0v) is 17.8. The summed E-state index contributed by atoms with van der Waals surface area (Å²) in [4.78, 5) is 1.71. The predicted molar refractivity (Wildman–Crippen MR) is 116 cm³/mol. The van der Waals surface area contributed by atoms with Crippen molar-refractivity contribution in [1.82, 2.24) is 0 Å². The van der Waals surface area contributed by atoms with Crippen LogP contribution in [0.3, 0.4) is 0 Å². The van der Waals surface area contributed by atoms with E-state index in [-0.39, 0.29) is 22.7 Å². The summed E-state index contributed by atoms with van der Waals surface area (Å²) in [5.74, 6) is -0.346. The lowest BCUT2D eigenvalue weighted by Gasteiger charge is -2.27. The number of anilines is 4. The molecule has 3 aromatic rings. The van der Waals surface area contributed by atoms with Gasteiger partial charge in [0.05, 0.1) is 11.4 Å². The molecule has 2 N–H and O–H groups in total. The third kappa shape index (κ3) is 4.77. The smallest absolute Gasteiger partial charge is 0.508 e. The number of halogens is 3. The highest BCUT2D eigenvalue weighted by Crippen LogP contribution is 2.40. The molecule has 0 unspecified atom stereocenters. The van der Waals surface area contributed by atoms with Crippen LogP contribution in [-0.4, -0.2) is 19.0 Å².